The lowest BCUT2D eigenvalue weighted by molar-refractivity contribution is -0.120. The van der Waals surface area contributed by atoms with Gasteiger partial charge in [-0.25, -0.2) is 4.79 Å². The van der Waals surface area contributed by atoms with E-state index in [-0.39, 0.29) is 40.6 Å². The number of benzene rings is 1. The number of aromatic hydroxyl groups is 1. The highest BCUT2D eigenvalue weighted by Crippen LogP contribution is 2.40. The molecule has 0 saturated heterocycles. The second-order valence-electron chi connectivity index (χ2n) is 6.67. The molecule has 0 fully saturated rings. The molecule has 0 aromatic heterocycles. The number of esters is 1. The zero-order valence-corrected chi connectivity index (χ0v) is 16.5. The number of phenolic OH excluding ortho intramolecular Hbond substituents is 1. The number of ketones is 1. The van der Waals surface area contributed by atoms with E-state index in [4.69, 9.17) is 14.2 Å². The number of carbonyl (C=O) groups excluding carboxylic acids is 2. The Kier molecular flexibility index (Phi) is 7.23. The first-order valence-electron chi connectivity index (χ1n) is 9.04. The van der Waals surface area contributed by atoms with Gasteiger partial charge in [-0.1, -0.05) is 25.2 Å². The summed E-state index contributed by atoms with van der Waals surface area (Å²) in [5.41, 5.74) is 0.218. The summed E-state index contributed by atoms with van der Waals surface area (Å²) in [5.74, 6) is -1.31. The smallest absolute Gasteiger partial charge is 0.342 e. The highest BCUT2D eigenvalue weighted by atomic mass is 16.5. The third-order valence-corrected chi connectivity index (χ3v) is 4.64. The fourth-order valence-corrected chi connectivity index (χ4v) is 2.92. The second kappa shape index (κ2) is 9.41. The van der Waals surface area contributed by atoms with E-state index in [9.17, 15) is 19.8 Å². The van der Waals surface area contributed by atoms with E-state index in [1.54, 1.807) is 32.1 Å². The summed E-state index contributed by atoms with van der Waals surface area (Å²) in [6.07, 6.45) is 5.24. The molecule has 0 unspecified atom stereocenters. The quantitative estimate of drug-likeness (QED) is 0.749. The predicted octanol–water partition coefficient (Wildman–Crippen LogP) is 2.88. The molecule has 1 heterocycles. The number of hydrogen-bond donors (Lipinski definition) is 2. The summed E-state index contributed by atoms with van der Waals surface area (Å²) in [6, 6.07) is 1.29. The molecule has 1 aliphatic rings. The standard InChI is InChI=1S/C21H26O7/c1-12-7-5-9-15(22)13(2)16(23)10-6-8-14-19(21(25)28-12)17(24)11-18(26-3)20(14)27-4/h5-6,8-9,11-13,16,23-24H,7,10H2,1-4H3/b8-6+,9-5-/t12-,13+,16-/m0/s1. The first kappa shape index (κ1) is 21.5. The number of aliphatic hydroxyl groups excluding tert-OH is 1. The predicted molar refractivity (Wildman–Crippen MR) is 104 cm³/mol. The molecule has 0 aliphatic carbocycles. The molecule has 7 heteroatoms. The third-order valence-electron chi connectivity index (χ3n) is 4.64. The number of phenols is 1. The molecule has 152 valence electrons. The Labute approximate surface area is 164 Å². The van der Waals surface area contributed by atoms with E-state index in [0.717, 1.165) is 0 Å². The van der Waals surface area contributed by atoms with Gasteiger partial charge in [-0.2, -0.15) is 0 Å². The third kappa shape index (κ3) is 4.72. The summed E-state index contributed by atoms with van der Waals surface area (Å²) in [7, 11) is 2.84. The highest BCUT2D eigenvalue weighted by molar-refractivity contribution is 5.98. The zero-order valence-electron chi connectivity index (χ0n) is 16.5. The Morgan fingerprint density at radius 1 is 1.07 bits per heavy atom. The van der Waals surface area contributed by atoms with Gasteiger partial charge in [-0.3, -0.25) is 4.79 Å². The minimum absolute atomic E-state index is 0.0552. The molecular weight excluding hydrogens is 364 g/mol. The Morgan fingerprint density at radius 2 is 1.75 bits per heavy atom. The lowest BCUT2D eigenvalue weighted by atomic mass is 9.95. The first-order chi connectivity index (χ1) is 13.3. The van der Waals surface area contributed by atoms with Crippen molar-refractivity contribution in [1.29, 1.82) is 0 Å². The van der Waals surface area contributed by atoms with Gasteiger partial charge < -0.3 is 24.4 Å². The number of cyclic esters (lactones) is 1. The van der Waals surface area contributed by atoms with Gasteiger partial charge in [-0.05, 0) is 19.4 Å². The van der Waals surface area contributed by atoms with Gasteiger partial charge in [0.05, 0.1) is 20.3 Å². The molecule has 1 aromatic carbocycles. The largest absolute Gasteiger partial charge is 0.507 e. The summed E-state index contributed by atoms with van der Waals surface area (Å²) in [6.45, 7) is 3.34. The Bertz CT molecular complexity index is 794. The van der Waals surface area contributed by atoms with E-state index in [0.29, 0.717) is 6.42 Å². The number of hydrogen-bond acceptors (Lipinski definition) is 7. The van der Waals surface area contributed by atoms with Crippen molar-refractivity contribution in [3.05, 3.63) is 35.4 Å². The van der Waals surface area contributed by atoms with Crippen LogP contribution < -0.4 is 9.47 Å². The summed E-state index contributed by atoms with van der Waals surface area (Å²) >= 11 is 0. The van der Waals surface area contributed by atoms with Gasteiger partial charge in [0.15, 0.2) is 17.3 Å². The van der Waals surface area contributed by atoms with E-state index < -0.39 is 24.1 Å². The fraction of sp³-hybridized carbons (Fsp3) is 0.429. The maximum absolute atomic E-state index is 12.7. The number of aliphatic hydroxyl groups is 1. The van der Waals surface area contributed by atoms with Crippen LogP contribution in [0.4, 0.5) is 0 Å². The van der Waals surface area contributed by atoms with Gasteiger partial charge >= 0.3 is 5.97 Å². The summed E-state index contributed by atoms with van der Waals surface area (Å²) < 4.78 is 16.0. The van der Waals surface area contributed by atoms with Crippen molar-refractivity contribution in [2.45, 2.75) is 38.9 Å². The number of allylic oxidation sites excluding steroid dienone is 1. The van der Waals surface area contributed by atoms with Crippen molar-refractivity contribution in [3.8, 4) is 17.2 Å². The summed E-state index contributed by atoms with van der Waals surface area (Å²) in [4.78, 5) is 24.8. The van der Waals surface area contributed by atoms with Crippen LogP contribution in [0.15, 0.2) is 24.3 Å². The van der Waals surface area contributed by atoms with Crippen LogP contribution in [0.25, 0.3) is 6.08 Å². The molecule has 3 atom stereocenters. The maximum Gasteiger partial charge on any atom is 0.342 e. The Balaban J connectivity index is 2.58. The van der Waals surface area contributed by atoms with E-state index in [1.807, 2.05) is 0 Å². The average Bonchev–Trinajstić information content (AvgIpc) is 2.65. The zero-order chi connectivity index (χ0) is 20.8. The fourth-order valence-electron chi connectivity index (χ4n) is 2.92. The lowest BCUT2D eigenvalue weighted by Gasteiger charge is -2.19. The van der Waals surface area contributed by atoms with Gasteiger partial charge in [0.25, 0.3) is 0 Å². The molecule has 1 aromatic rings. The normalized spacial score (nSPS) is 25.8. The van der Waals surface area contributed by atoms with Crippen molar-refractivity contribution >= 4 is 17.8 Å². The first-order valence-corrected chi connectivity index (χ1v) is 9.04. The highest BCUT2D eigenvalue weighted by Gasteiger charge is 2.26. The monoisotopic (exact) mass is 390 g/mol. The molecule has 28 heavy (non-hydrogen) atoms. The molecule has 0 saturated carbocycles. The van der Waals surface area contributed by atoms with Gasteiger partial charge in [0.1, 0.15) is 17.4 Å². The molecule has 1 aliphatic heterocycles. The number of rotatable bonds is 2. The van der Waals surface area contributed by atoms with Crippen LogP contribution in [0.3, 0.4) is 0 Å². The van der Waals surface area contributed by atoms with E-state index in [2.05, 4.69) is 0 Å². The van der Waals surface area contributed by atoms with Gasteiger partial charge in [0.2, 0.25) is 0 Å². The van der Waals surface area contributed by atoms with E-state index in [1.165, 1.54) is 26.4 Å². The number of carbonyl (C=O) groups is 2. The van der Waals surface area contributed by atoms with Crippen molar-refractivity contribution < 1.29 is 34.0 Å². The summed E-state index contributed by atoms with van der Waals surface area (Å²) in [5, 5.41) is 20.7. The maximum atomic E-state index is 12.7. The van der Waals surface area contributed by atoms with Crippen LogP contribution in [-0.2, 0) is 9.53 Å². The topological polar surface area (TPSA) is 102 Å². The van der Waals surface area contributed by atoms with Gasteiger partial charge in [-0.15, -0.1) is 0 Å². The molecule has 0 spiro atoms. The average molecular weight is 390 g/mol. The second-order valence-corrected chi connectivity index (χ2v) is 6.67. The molecule has 0 radical (unpaired) electrons. The van der Waals surface area contributed by atoms with Crippen LogP contribution in [0.5, 0.6) is 17.2 Å². The number of fused-ring (bicyclic) bond motifs is 1. The van der Waals surface area contributed by atoms with Crippen molar-refractivity contribution in [2.24, 2.45) is 5.92 Å². The van der Waals surface area contributed by atoms with Crippen molar-refractivity contribution in [3.63, 3.8) is 0 Å². The molecule has 7 nitrogen and oxygen atoms in total. The number of methoxy groups -OCH3 is 2. The van der Waals surface area contributed by atoms with E-state index >= 15 is 0 Å². The van der Waals surface area contributed by atoms with Crippen LogP contribution in [0.1, 0.15) is 42.6 Å². The minimum atomic E-state index is -0.894. The lowest BCUT2D eigenvalue weighted by Crippen LogP contribution is -2.24. The molecular formula is C21H26O7. The van der Waals surface area contributed by atoms with Crippen molar-refractivity contribution in [2.75, 3.05) is 14.2 Å². The molecule has 2 rings (SSSR count). The minimum Gasteiger partial charge on any atom is -0.507 e. The Morgan fingerprint density at radius 3 is 2.39 bits per heavy atom. The molecule has 2 N–H and O–H groups in total. The van der Waals surface area contributed by atoms with Crippen LogP contribution in [0, 0.1) is 5.92 Å². The van der Waals surface area contributed by atoms with Crippen LogP contribution in [0.2, 0.25) is 0 Å². The van der Waals surface area contributed by atoms with Crippen LogP contribution >= 0.6 is 0 Å². The SMILES string of the molecule is COc1cc(O)c2c(c1OC)/C=C/C[C@H](O)[C@H](C)C(=O)/C=C\C[C@H](C)OC2=O. The molecule has 0 bridgehead atoms. The van der Waals surface area contributed by atoms with Crippen molar-refractivity contribution in [1.82, 2.24) is 0 Å². The molecule has 0 amide bonds. The number of ether oxygens (including phenoxy) is 3. The van der Waals surface area contributed by atoms with Crippen LogP contribution in [-0.4, -0.2) is 48.4 Å². The Hall–Kier alpha value is -2.80. The van der Waals surface area contributed by atoms with Gasteiger partial charge in [0, 0.05) is 24.0 Å².